The molecule has 0 bridgehead atoms. The number of imidazole rings is 1. The summed E-state index contributed by atoms with van der Waals surface area (Å²) in [6.07, 6.45) is 2.96. The van der Waals surface area contributed by atoms with Crippen LogP contribution in [-0.4, -0.2) is 21.6 Å². The zero-order valence-corrected chi connectivity index (χ0v) is 13.0. The van der Waals surface area contributed by atoms with E-state index in [9.17, 15) is 0 Å². The Morgan fingerprint density at radius 3 is 3.00 bits per heavy atom. The Bertz CT molecular complexity index is 800. The van der Waals surface area contributed by atoms with Gasteiger partial charge in [-0.05, 0) is 30.8 Å². The van der Waals surface area contributed by atoms with E-state index in [2.05, 4.69) is 21.5 Å². The summed E-state index contributed by atoms with van der Waals surface area (Å²) in [6.45, 7) is 2.83. The lowest BCUT2D eigenvalue weighted by atomic mass is 10.3. The minimum atomic E-state index is 0.691. The first-order valence-electron chi connectivity index (χ1n) is 6.41. The molecule has 0 fully saturated rings. The van der Waals surface area contributed by atoms with Gasteiger partial charge < -0.3 is 14.3 Å². The van der Waals surface area contributed by atoms with Crippen LogP contribution in [-0.2, 0) is 13.0 Å². The number of aryl methyl sites for hydroxylation is 1. The normalized spacial score (nSPS) is 11.1. The molecule has 2 aromatic heterocycles. The van der Waals surface area contributed by atoms with Gasteiger partial charge in [-0.2, -0.15) is 0 Å². The number of nitrogens with zero attached hydrogens (tertiary/aromatic N) is 2. The van der Waals surface area contributed by atoms with Crippen molar-refractivity contribution < 1.29 is 4.74 Å². The van der Waals surface area contributed by atoms with E-state index in [1.807, 2.05) is 24.4 Å². The summed E-state index contributed by atoms with van der Waals surface area (Å²) in [6, 6.07) is 5.91. The number of hydrogen-bond acceptors (Lipinski definition) is 4. The predicted octanol–water partition coefficient (Wildman–Crippen LogP) is 3.77. The zero-order chi connectivity index (χ0) is 14.1. The minimum absolute atomic E-state index is 0.691. The molecule has 6 heteroatoms. The Hall–Kier alpha value is -1.66. The minimum Gasteiger partial charge on any atom is -0.497 e. The topological polar surface area (TPSA) is 42.8 Å². The first-order valence-corrected chi connectivity index (χ1v) is 7.64. The molecule has 0 aliphatic carbocycles. The molecule has 1 N–H and O–H groups in total. The zero-order valence-electron chi connectivity index (χ0n) is 11.3. The summed E-state index contributed by atoms with van der Waals surface area (Å²) in [5, 5.41) is 1.07. The second-order valence-corrected chi connectivity index (χ2v) is 6.06. The molecule has 0 aliphatic heterocycles. The van der Waals surface area contributed by atoms with Crippen LogP contribution in [0.5, 0.6) is 5.75 Å². The number of hydrogen-bond donors (Lipinski definition) is 1. The maximum absolute atomic E-state index is 5.41. The molecule has 104 valence electrons. The Balaban J connectivity index is 2.05. The van der Waals surface area contributed by atoms with E-state index in [1.165, 1.54) is 4.88 Å². The van der Waals surface area contributed by atoms with Crippen molar-refractivity contribution in [3.63, 3.8) is 0 Å². The molecule has 3 aromatic rings. The maximum Gasteiger partial charge on any atom is 0.178 e. The van der Waals surface area contributed by atoms with Gasteiger partial charge >= 0.3 is 0 Å². The first kappa shape index (κ1) is 13.3. The van der Waals surface area contributed by atoms with Crippen molar-refractivity contribution in [2.24, 2.45) is 0 Å². The van der Waals surface area contributed by atoms with Gasteiger partial charge in [0.1, 0.15) is 10.8 Å². The standard InChI is InChI=1S/C14H15N3OS2/c1-3-10-7-15-13(20-10)8-17-12-6-9(18-2)4-5-11(12)16-14(17)19/h4-7H,3,8H2,1-2H3,(H,16,19). The largest absolute Gasteiger partial charge is 0.497 e. The number of aromatic amines is 1. The maximum atomic E-state index is 5.41. The Labute approximate surface area is 126 Å². The third kappa shape index (κ3) is 2.36. The number of ether oxygens (including phenoxy) is 1. The van der Waals surface area contributed by atoms with Crippen LogP contribution < -0.4 is 4.74 Å². The van der Waals surface area contributed by atoms with Crippen LogP contribution in [0.2, 0.25) is 0 Å². The molecule has 0 radical (unpaired) electrons. The molecular weight excluding hydrogens is 290 g/mol. The Morgan fingerprint density at radius 1 is 1.45 bits per heavy atom. The highest BCUT2D eigenvalue weighted by Crippen LogP contribution is 2.23. The fourth-order valence-corrected chi connectivity index (χ4v) is 3.26. The van der Waals surface area contributed by atoms with Crippen molar-refractivity contribution >= 4 is 34.6 Å². The van der Waals surface area contributed by atoms with Crippen LogP contribution >= 0.6 is 23.6 Å². The molecule has 0 spiro atoms. The number of fused-ring (bicyclic) bond motifs is 1. The summed E-state index contributed by atoms with van der Waals surface area (Å²) in [7, 11) is 1.67. The lowest BCUT2D eigenvalue weighted by Gasteiger charge is -2.03. The molecule has 0 aliphatic rings. The number of benzene rings is 1. The summed E-state index contributed by atoms with van der Waals surface area (Å²) in [5.41, 5.74) is 2.06. The molecule has 2 heterocycles. The van der Waals surface area contributed by atoms with Gasteiger partial charge in [0.2, 0.25) is 0 Å². The van der Waals surface area contributed by atoms with Gasteiger partial charge in [-0.3, -0.25) is 0 Å². The smallest absolute Gasteiger partial charge is 0.178 e. The lowest BCUT2D eigenvalue weighted by Crippen LogP contribution is -1.99. The number of rotatable bonds is 4. The SMILES string of the molecule is CCc1cnc(Cn2c(=S)[nH]c3ccc(OC)cc32)s1. The molecule has 4 nitrogen and oxygen atoms in total. The van der Waals surface area contributed by atoms with Gasteiger partial charge in [-0.1, -0.05) is 6.92 Å². The number of H-pyrrole nitrogens is 1. The van der Waals surface area contributed by atoms with Gasteiger partial charge in [0, 0.05) is 17.1 Å². The highest BCUT2D eigenvalue weighted by Gasteiger charge is 2.08. The van der Waals surface area contributed by atoms with E-state index >= 15 is 0 Å². The summed E-state index contributed by atoms with van der Waals surface area (Å²) in [4.78, 5) is 8.97. The van der Waals surface area contributed by atoms with Crippen LogP contribution in [0.25, 0.3) is 11.0 Å². The highest BCUT2D eigenvalue weighted by atomic mass is 32.1. The number of thiazole rings is 1. The highest BCUT2D eigenvalue weighted by molar-refractivity contribution is 7.71. The predicted molar refractivity (Wildman–Crippen MR) is 84.3 cm³/mol. The third-order valence-corrected chi connectivity index (χ3v) is 4.67. The molecule has 0 saturated heterocycles. The fraction of sp³-hybridized carbons (Fsp3) is 0.286. The fourth-order valence-electron chi connectivity index (χ4n) is 2.14. The second-order valence-electron chi connectivity index (χ2n) is 4.47. The van der Waals surface area contributed by atoms with Crippen molar-refractivity contribution in [1.82, 2.24) is 14.5 Å². The van der Waals surface area contributed by atoms with E-state index in [4.69, 9.17) is 17.0 Å². The number of methoxy groups -OCH3 is 1. The Morgan fingerprint density at radius 2 is 2.30 bits per heavy atom. The van der Waals surface area contributed by atoms with Gasteiger partial charge in [0.05, 0.1) is 24.7 Å². The van der Waals surface area contributed by atoms with Gasteiger partial charge in [0.25, 0.3) is 0 Å². The first-order chi connectivity index (χ1) is 9.71. The lowest BCUT2D eigenvalue weighted by molar-refractivity contribution is 0.415. The van der Waals surface area contributed by atoms with Crippen LogP contribution in [0.4, 0.5) is 0 Å². The van der Waals surface area contributed by atoms with Crippen LogP contribution in [0.3, 0.4) is 0 Å². The summed E-state index contributed by atoms with van der Waals surface area (Å²) >= 11 is 7.15. The van der Waals surface area contributed by atoms with E-state index in [0.29, 0.717) is 11.3 Å². The van der Waals surface area contributed by atoms with Crippen molar-refractivity contribution in [3.8, 4) is 5.75 Å². The second kappa shape index (κ2) is 5.38. The molecule has 1 aromatic carbocycles. The number of nitrogens with one attached hydrogen (secondary N) is 1. The van der Waals surface area contributed by atoms with E-state index < -0.39 is 0 Å². The van der Waals surface area contributed by atoms with E-state index in [-0.39, 0.29) is 0 Å². The van der Waals surface area contributed by atoms with Gasteiger partial charge in [0.15, 0.2) is 4.77 Å². The molecule has 3 rings (SSSR count). The molecule has 20 heavy (non-hydrogen) atoms. The molecule has 0 unspecified atom stereocenters. The van der Waals surface area contributed by atoms with Crippen molar-refractivity contribution in [2.75, 3.05) is 7.11 Å². The van der Waals surface area contributed by atoms with Crippen LogP contribution in [0.1, 0.15) is 16.8 Å². The molecule has 0 atom stereocenters. The van der Waals surface area contributed by atoms with Gasteiger partial charge in [-0.25, -0.2) is 4.98 Å². The van der Waals surface area contributed by atoms with E-state index in [1.54, 1.807) is 18.4 Å². The van der Waals surface area contributed by atoms with Gasteiger partial charge in [-0.15, -0.1) is 11.3 Å². The monoisotopic (exact) mass is 305 g/mol. The number of aromatic nitrogens is 3. The van der Waals surface area contributed by atoms with Crippen LogP contribution in [0, 0.1) is 4.77 Å². The van der Waals surface area contributed by atoms with Crippen molar-refractivity contribution in [3.05, 3.63) is 39.1 Å². The molecule has 0 amide bonds. The summed E-state index contributed by atoms with van der Waals surface area (Å²) < 4.78 is 8.05. The average molecular weight is 305 g/mol. The Kier molecular flexibility index (Phi) is 3.58. The van der Waals surface area contributed by atoms with E-state index in [0.717, 1.165) is 28.2 Å². The quantitative estimate of drug-likeness (QED) is 0.746. The average Bonchev–Trinajstić information content (AvgIpc) is 3.04. The van der Waals surface area contributed by atoms with Crippen molar-refractivity contribution in [2.45, 2.75) is 19.9 Å². The summed E-state index contributed by atoms with van der Waals surface area (Å²) in [5.74, 6) is 0.827. The van der Waals surface area contributed by atoms with Crippen LogP contribution in [0.15, 0.2) is 24.4 Å². The molecular formula is C14H15N3OS2. The molecule has 0 saturated carbocycles. The van der Waals surface area contributed by atoms with Crippen molar-refractivity contribution in [1.29, 1.82) is 0 Å². The third-order valence-electron chi connectivity index (χ3n) is 3.23.